The van der Waals surface area contributed by atoms with Crippen molar-refractivity contribution in [1.29, 1.82) is 0 Å². The quantitative estimate of drug-likeness (QED) is 0.855. The molecule has 1 saturated heterocycles. The molecule has 5 nitrogen and oxygen atoms in total. The van der Waals surface area contributed by atoms with Crippen molar-refractivity contribution in [3.05, 3.63) is 29.8 Å². The summed E-state index contributed by atoms with van der Waals surface area (Å²) in [5.41, 5.74) is 1.82. The fourth-order valence-corrected chi connectivity index (χ4v) is 3.71. The highest BCUT2D eigenvalue weighted by Crippen LogP contribution is 2.40. The van der Waals surface area contributed by atoms with Gasteiger partial charge >= 0.3 is 0 Å². The highest BCUT2D eigenvalue weighted by Gasteiger charge is 2.42. The molecule has 2 fully saturated rings. The summed E-state index contributed by atoms with van der Waals surface area (Å²) in [4.78, 5) is 28.1. The molecular formula is C18H22N4O. The van der Waals surface area contributed by atoms with E-state index in [-0.39, 0.29) is 11.8 Å². The molecule has 2 aliphatic rings. The number of hydrogen-bond donors (Lipinski definition) is 0. The zero-order valence-electron chi connectivity index (χ0n) is 13.7. The Bertz CT molecular complexity index is 760. The van der Waals surface area contributed by atoms with Crippen molar-refractivity contribution in [3.63, 3.8) is 0 Å². The first-order chi connectivity index (χ1) is 11.1. The van der Waals surface area contributed by atoms with E-state index in [2.05, 4.69) is 21.8 Å². The van der Waals surface area contributed by atoms with Crippen LogP contribution in [-0.2, 0) is 4.79 Å². The van der Waals surface area contributed by atoms with Crippen LogP contribution in [0.3, 0.4) is 0 Å². The number of aromatic nitrogens is 3. The molecule has 1 aliphatic carbocycles. The van der Waals surface area contributed by atoms with E-state index in [1.54, 1.807) is 6.20 Å². The molecule has 0 N–H and O–H groups in total. The molecule has 1 amide bonds. The van der Waals surface area contributed by atoms with Crippen molar-refractivity contribution < 1.29 is 4.79 Å². The van der Waals surface area contributed by atoms with Crippen LogP contribution < -0.4 is 0 Å². The van der Waals surface area contributed by atoms with Gasteiger partial charge in [-0.2, -0.15) is 0 Å². The summed E-state index contributed by atoms with van der Waals surface area (Å²) in [6, 6.07) is 3.98. The van der Waals surface area contributed by atoms with E-state index in [0.717, 1.165) is 54.9 Å². The van der Waals surface area contributed by atoms with E-state index < -0.39 is 0 Å². The third kappa shape index (κ3) is 2.69. The Morgan fingerprint density at radius 1 is 1.35 bits per heavy atom. The fraction of sp³-hybridized carbons (Fsp3) is 0.556. The number of fused-ring (bicyclic) bond motifs is 1. The minimum atomic E-state index is 0.263. The summed E-state index contributed by atoms with van der Waals surface area (Å²) >= 11 is 0. The van der Waals surface area contributed by atoms with Gasteiger partial charge in [0.2, 0.25) is 5.91 Å². The lowest BCUT2D eigenvalue weighted by molar-refractivity contribution is -0.134. The maximum atomic E-state index is 12.6. The molecule has 23 heavy (non-hydrogen) atoms. The monoisotopic (exact) mass is 310 g/mol. The molecule has 1 saturated carbocycles. The highest BCUT2D eigenvalue weighted by atomic mass is 16.2. The summed E-state index contributed by atoms with van der Waals surface area (Å²) in [7, 11) is 0. The maximum Gasteiger partial charge on any atom is 0.225 e. The third-order valence-electron chi connectivity index (χ3n) is 5.16. The molecular weight excluding hydrogens is 288 g/mol. The van der Waals surface area contributed by atoms with Gasteiger partial charge in [-0.1, -0.05) is 6.92 Å². The van der Waals surface area contributed by atoms with Crippen molar-refractivity contribution in [2.24, 2.45) is 11.8 Å². The Balaban J connectivity index is 1.64. The summed E-state index contributed by atoms with van der Waals surface area (Å²) < 4.78 is 0. The van der Waals surface area contributed by atoms with E-state index in [9.17, 15) is 4.79 Å². The average Bonchev–Trinajstić information content (AvgIpc) is 3.30. The van der Waals surface area contributed by atoms with Gasteiger partial charge in [0.1, 0.15) is 5.82 Å². The number of likely N-dealkylation sites (tertiary alicyclic amines) is 1. The Morgan fingerprint density at radius 2 is 2.17 bits per heavy atom. The van der Waals surface area contributed by atoms with Gasteiger partial charge in [-0.3, -0.25) is 4.79 Å². The number of aryl methyl sites for hydroxylation is 1. The molecule has 0 bridgehead atoms. The van der Waals surface area contributed by atoms with E-state index in [1.807, 2.05) is 19.1 Å². The first-order valence-corrected chi connectivity index (χ1v) is 8.51. The molecule has 3 heterocycles. The van der Waals surface area contributed by atoms with Gasteiger partial charge in [-0.25, -0.2) is 15.0 Å². The van der Waals surface area contributed by atoms with E-state index in [0.29, 0.717) is 11.8 Å². The largest absolute Gasteiger partial charge is 0.342 e. The molecule has 2 aromatic heterocycles. The van der Waals surface area contributed by atoms with E-state index in [1.165, 1.54) is 0 Å². The van der Waals surface area contributed by atoms with Crippen molar-refractivity contribution in [3.8, 4) is 0 Å². The van der Waals surface area contributed by atoms with Crippen molar-refractivity contribution in [1.82, 2.24) is 19.9 Å². The van der Waals surface area contributed by atoms with Crippen molar-refractivity contribution in [2.45, 2.75) is 39.0 Å². The van der Waals surface area contributed by atoms with Crippen LogP contribution in [0.4, 0.5) is 0 Å². The number of carbonyl (C=O) groups excluding carboxylic acids is 1. The second-order valence-electron chi connectivity index (χ2n) is 6.97. The lowest BCUT2D eigenvalue weighted by Gasteiger charge is -2.33. The van der Waals surface area contributed by atoms with Crippen LogP contribution in [0.1, 0.15) is 43.6 Å². The predicted molar refractivity (Wildman–Crippen MR) is 87.9 cm³/mol. The van der Waals surface area contributed by atoms with Crippen LogP contribution in [0.5, 0.6) is 0 Å². The van der Waals surface area contributed by atoms with Gasteiger partial charge in [0.15, 0.2) is 5.65 Å². The first kappa shape index (κ1) is 14.5. The number of nitrogens with zero attached hydrogens (tertiary/aromatic N) is 4. The zero-order chi connectivity index (χ0) is 16.0. The molecule has 5 heteroatoms. The van der Waals surface area contributed by atoms with Crippen LogP contribution >= 0.6 is 0 Å². The molecule has 3 atom stereocenters. The number of rotatable bonds is 2. The maximum absolute atomic E-state index is 12.6. The van der Waals surface area contributed by atoms with Crippen LogP contribution in [0.2, 0.25) is 0 Å². The Kier molecular flexibility index (Phi) is 3.51. The summed E-state index contributed by atoms with van der Waals surface area (Å²) in [5.74, 6) is 2.21. The number of amides is 1. The zero-order valence-corrected chi connectivity index (χ0v) is 13.7. The van der Waals surface area contributed by atoms with Gasteiger partial charge in [-0.15, -0.1) is 0 Å². The van der Waals surface area contributed by atoms with Crippen molar-refractivity contribution >= 4 is 16.9 Å². The Hall–Kier alpha value is -2.04. The van der Waals surface area contributed by atoms with Crippen LogP contribution in [0, 0.1) is 18.8 Å². The summed E-state index contributed by atoms with van der Waals surface area (Å²) in [6.07, 6.45) is 4.94. The number of carbonyl (C=O) groups is 1. The van der Waals surface area contributed by atoms with Crippen LogP contribution in [0.25, 0.3) is 11.0 Å². The second-order valence-corrected chi connectivity index (χ2v) is 6.97. The SMILES string of the molecule is Cc1nc([C@@H]2CCCN(C(=O)[C@H]3C[C@@H]3C)C2)c2cccnc2n1. The van der Waals surface area contributed by atoms with Gasteiger partial charge in [0.05, 0.1) is 5.69 Å². The van der Waals surface area contributed by atoms with Gasteiger partial charge in [0, 0.05) is 36.5 Å². The third-order valence-corrected chi connectivity index (χ3v) is 5.16. The first-order valence-electron chi connectivity index (χ1n) is 8.51. The van der Waals surface area contributed by atoms with Gasteiger partial charge < -0.3 is 4.90 Å². The highest BCUT2D eigenvalue weighted by molar-refractivity contribution is 5.82. The average molecular weight is 310 g/mol. The lowest BCUT2D eigenvalue weighted by Crippen LogP contribution is -2.40. The molecule has 0 spiro atoms. The Morgan fingerprint density at radius 3 is 2.96 bits per heavy atom. The van der Waals surface area contributed by atoms with Crippen LogP contribution in [0.15, 0.2) is 18.3 Å². The van der Waals surface area contributed by atoms with E-state index >= 15 is 0 Å². The fourth-order valence-electron chi connectivity index (χ4n) is 3.71. The topological polar surface area (TPSA) is 59.0 Å². The number of piperidine rings is 1. The number of hydrogen-bond acceptors (Lipinski definition) is 4. The van der Waals surface area contributed by atoms with Crippen molar-refractivity contribution in [2.75, 3.05) is 13.1 Å². The normalized spacial score (nSPS) is 27.2. The molecule has 2 aromatic rings. The minimum Gasteiger partial charge on any atom is -0.342 e. The van der Waals surface area contributed by atoms with E-state index in [4.69, 9.17) is 4.98 Å². The molecule has 0 radical (unpaired) electrons. The Labute approximate surface area is 136 Å². The summed E-state index contributed by atoms with van der Waals surface area (Å²) in [6.45, 7) is 5.74. The lowest BCUT2D eigenvalue weighted by atomic mass is 9.92. The minimum absolute atomic E-state index is 0.263. The molecule has 120 valence electrons. The molecule has 1 aliphatic heterocycles. The van der Waals surface area contributed by atoms with Gasteiger partial charge in [-0.05, 0) is 44.2 Å². The molecule has 0 unspecified atom stereocenters. The molecule has 0 aromatic carbocycles. The smallest absolute Gasteiger partial charge is 0.225 e. The number of pyridine rings is 1. The summed E-state index contributed by atoms with van der Waals surface area (Å²) in [5, 5.41) is 1.03. The molecule has 4 rings (SSSR count). The standard InChI is InChI=1S/C18H22N4O/c1-11-9-15(11)18(23)22-8-4-5-13(10-22)16-14-6-3-7-19-17(14)21-12(2)20-16/h3,6-7,11,13,15H,4-5,8-10H2,1-2H3/t11-,13+,15-/m0/s1. The van der Waals surface area contributed by atoms with Gasteiger partial charge in [0.25, 0.3) is 0 Å². The predicted octanol–water partition coefficient (Wildman–Crippen LogP) is 2.70. The van der Waals surface area contributed by atoms with Crippen LogP contribution in [-0.4, -0.2) is 38.8 Å². The second kappa shape index (κ2) is 5.55.